The van der Waals surface area contributed by atoms with Gasteiger partial charge in [-0.3, -0.25) is 4.79 Å². The van der Waals surface area contributed by atoms with Gasteiger partial charge < -0.3 is 25.7 Å². The third kappa shape index (κ3) is 3.03. The van der Waals surface area contributed by atoms with Crippen LogP contribution < -0.4 is 5.32 Å². The van der Waals surface area contributed by atoms with Gasteiger partial charge in [-0.25, -0.2) is 4.79 Å². The molecule has 0 aliphatic heterocycles. The summed E-state index contributed by atoms with van der Waals surface area (Å²) in [5, 5.41) is 39.2. The Morgan fingerprint density at radius 2 is 1.62 bits per heavy atom. The summed E-state index contributed by atoms with van der Waals surface area (Å²) in [6, 6.07) is 6.86. The molecule has 0 unspecified atom stereocenters. The molecule has 0 heterocycles. The number of carbonyl (C=O) groups excluding carboxylic acids is 1. The summed E-state index contributed by atoms with van der Waals surface area (Å²) < 4.78 is 0. The molecule has 0 saturated heterocycles. The van der Waals surface area contributed by atoms with Crippen LogP contribution in [0.4, 0.5) is 5.69 Å². The average molecular weight is 289 g/mol. The number of amides is 1. The lowest BCUT2D eigenvalue weighted by Crippen LogP contribution is -2.14. The molecule has 1 amide bonds. The smallest absolute Gasteiger partial charge is 0.337 e. The van der Waals surface area contributed by atoms with E-state index >= 15 is 0 Å². The molecule has 0 bridgehead atoms. The Balaban J connectivity index is 2.33. The van der Waals surface area contributed by atoms with Crippen molar-refractivity contribution in [3.8, 4) is 17.2 Å². The van der Waals surface area contributed by atoms with E-state index in [-0.39, 0.29) is 28.3 Å². The lowest BCUT2D eigenvalue weighted by Gasteiger charge is -2.09. The van der Waals surface area contributed by atoms with Gasteiger partial charge in [0.15, 0.2) is 11.5 Å². The number of phenols is 3. The van der Waals surface area contributed by atoms with Crippen LogP contribution in [0, 0.1) is 0 Å². The summed E-state index contributed by atoms with van der Waals surface area (Å²) in [6.45, 7) is 0. The van der Waals surface area contributed by atoms with Gasteiger partial charge in [-0.15, -0.1) is 0 Å². The fourth-order valence-corrected chi connectivity index (χ4v) is 1.68. The molecule has 21 heavy (non-hydrogen) atoms. The fraction of sp³-hybridized carbons (Fsp3) is 0. The summed E-state index contributed by atoms with van der Waals surface area (Å²) in [5.74, 6) is -3.02. The number of anilines is 1. The highest BCUT2D eigenvalue weighted by atomic mass is 16.4. The van der Waals surface area contributed by atoms with Crippen LogP contribution in [0.1, 0.15) is 20.7 Å². The topological polar surface area (TPSA) is 127 Å². The van der Waals surface area contributed by atoms with Crippen LogP contribution >= 0.6 is 0 Å². The molecule has 0 fully saturated rings. The van der Waals surface area contributed by atoms with Gasteiger partial charge in [0.2, 0.25) is 0 Å². The molecule has 7 heteroatoms. The van der Waals surface area contributed by atoms with Crippen molar-refractivity contribution in [2.24, 2.45) is 0 Å². The molecule has 108 valence electrons. The summed E-state index contributed by atoms with van der Waals surface area (Å²) in [6.07, 6.45) is 0. The molecule has 0 aliphatic carbocycles. The molecule has 5 N–H and O–H groups in total. The second kappa shape index (κ2) is 5.41. The van der Waals surface area contributed by atoms with Crippen molar-refractivity contribution < 1.29 is 30.0 Å². The summed E-state index contributed by atoms with van der Waals surface area (Å²) in [7, 11) is 0. The van der Waals surface area contributed by atoms with Crippen LogP contribution in [0.2, 0.25) is 0 Å². The number of aromatic hydroxyl groups is 3. The first-order valence-electron chi connectivity index (χ1n) is 5.78. The van der Waals surface area contributed by atoms with Crippen LogP contribution in [0.3, 0.4) is 0 Å². The van der Waals surface area contributed by atoms with E-state index in [1.165, 1.54) is 12.1 Å². The molecule has 2 aromatic rings. The quantitative estimate of drug-likeness (QED) is 0.548. The van der Waals surface area contributed by atoms with Crippen LogP contribution in [0.25, 0.3) is 0 Å². The molecular formula is C14H11NO6. The average Bonchev–Trinajstić information content (AvgIpc) is 2.41. The Morgan fingerprint density at radius 1 is 0.905 bits per heavy atom. The van der Waals surface area contributed by atoms with E-state index < -0.39 is 17.6 Å². The first-order chi connectivity index (χ1) is 9.88. The first-order valence-corrected chi connectivity index (χ1v) is 5.78. The number of carboxylic acids is 1. The number of aromatic carboxylic acids is 1. The number of rotatable bonds is 3. The van der Waals surface area contributed by atoms with Crippen molar-refractivity contribution in [3.05, 3.63) is 47.5 Å². The highest BCUT2D eigenvalue weighted by molar-refractivity contribution is 6.08. The maximum absolute atomic E-state index is 12.0. The van der Waals surface area contributed by atoms with Crippen molar-refractivity contribution in [2.45, 2.75) is 0 Å². The van der Waals surface area contributed by atoms with Gasteiger partial charge in [0.25, 0.3) is 5.91 Å². The standard InChI is InChI=1S/C14H11NO6/c16-8-2-3-9(14(20)21)10(6-8)15-13(19)7-1-4-11(17)12(18)5-7/h1-6,16-18H,(H,15,19)(H,20,21). The number of hydrogen-bond acceptors (Lipinski definition) is 5. The monoisotopic (exact) mass is 289 g/mol. The normalized spacial score (nSPS) is 10.1. The predicted octanol–water partition coefficient (Wildman–Crippen LogP) is 1.75. The van der Waals surface area contributed by atoms with Crippen molar-refractivity contribution in [2.75, 3.05) is 5.32 Å². The van der Waals surface area contributed by atoms with Crippen molar-refractivity contribution in [1.29, 1.82) is 0 Å². The molecule has 2 aromatic carbocycles. The van der Waals surface area contributed by atoms with Crippen molar-refractivity contribution in [3.63, 3.8) is 0 Å². The maximum Gasteiger partial charge on any atom is 0.337 e. The van der Waals surface area contributed by atoms with E-state index in [1.807, 2.05) is 0 Å². The van der Waals surface area contributed by atoms with Gasteiger partial charge in [0.05, 0.1) is 11.3 Å². The minimum atomic E-state index is -1.26. The first kappa shape index (κ1) is 14.2. The van der Waals surface area contributed by atoms with Crippen LogP contribution in [-0.4, -0.2) is 32.3 Å². The summed E-state index contributed by atoms with van der Waals surface area (Å²) in [5.41, 5.74) is -0.255. The Labute approximate surface area is 118 Å². The van der Waals surface area contributed by atoms with Gasteiger partial charge >= 0.3 is 5.97 Å². The van der Waals surface area contributed by atoms with E-state index in [1.54, 1.807) is 0 Å². The zero-order chi connectivity index (χ0) is 15.6. The minimum Gasteiger partial charge on any atom is -0.508 e. The number of benzene rings is 2. The molecule has 0 saturated carbocycles. The molecule has 0 radical (unpaired) electrons. The Kier molecular flexibility index (Phi) is 3.66. The van der Waals surface area contributed by atoms with Gasteiger partial charge in [0.1, 0.15) is 5.75 Å². The van der Waals surface area contributed by atoms with Crippen LogP contribution in [0.15, 0.2) is 36.4 Å². The van der Waals surface area contributed by atoms with E-state index in [9.17, 15) is 24.9 Å². The predicted molar refractivity (Wildman–Crippen MR) is 72.8 cm³/mol. The van der Waals surface area contributed by atoms with E-state index in [4.69, 9.17) is 5.11 Å². The molecule has 0 aromatic heterocycles. The van der Waals surface area contributed by atoms with E-state index in [0.717, 1.165) is 24.3 Å². The fourth-order valence-electron chi connectivity index (χ4n) is 1.68. The summed E-state index contributed by atoms with van der Waals surface area (Å²) >= 11 is 0. The highest BCUT2D eigenvalue weighted by Crippen LogP contribution is 2.26. The molecule has 2 rings (SSSR count). The largest absolute Gasteiger partial charge is 0.508 e. The van der Waals surface area contributed by atoms with E-state index in [2.05, 4.69) is 5.32 Å². The zero-order valence-corrected chi connectivity index (χ0v) is 10.6. The van der Waals surface area contributed by atoms with Crippen molar-refractivity contribution >= 4 is 17.6 Å². The number of carbonyl (C=O) groups is 2. The highest BCUT2D eigenvalue weighted by Gasteiger charge is 2.15. The second-order valence-corrected chi connectivity index (χ2v) is 4.19. The van der Waals surface area contributed by atoms with Crippen LogP contribution in [-0.2, 0) is 0 Å². The van der Waals surface area contributed by atoms with Gasteiger partial charge in [-0.1, -0.05) is 0 Å². The van der Waals surface area contributed by atoms with Gasteiger partial charge in [0, 0.05) is 11.6 Å². The lowest BCUT2D eigenvalue weighted by atomic mass is 10.1. The number of carboxylic acid groups (broad SMARTS) is 1. The van der Waals surface area contributed by atoms with Crippen molar-refractivity contribution in [1.82, 2.24) is 0 Å². The van der Waals surface area contributed by atoms with Gasteiger partial charge in [-0.05, 0) is 30.3 Å². The Morgan fingerprint density at radius 3 is 2.24 bits per heavy atom. The maximum atomic E-state index is 12.0. The molecule has 0 spiro atoms. The third-order valence-corrected chi connectivity index (χ3v) is 2.72. The number of phenolic OH excluding ortho intramolecular Hbond substituents is 3. The number of nitrogens with one attached hydrogen (secondary N) is 1. The molecule has 0 aliphatic rings. The Bertz CT molecular complexity index is 725. The zero-order valence-electron chi connectivity index (χ0n) is 10.6. The molecule has 0 atom stereocenters. The lowest BCUT2D eigenvalue weighted by molar-refractivity contribution is 0.0698. The van der Waals surface area contributed by atoms with E-state index in [0.29, 0.717) is 0 Å². The Hall–Kier alpha value is -3.22. The summed E-state index contributed by atoms with van der Waals surface area (Å²) in [4.78, 5) is 23.0. The molecule has 7 nitrogen and oxygen atoms in total. The SMILES string of the molecule is O=C(Nc1cc(O)ccc1C(=O)O)c1ccc(O)c(O)c1. The number of hydrogen-bond donors (Lipinski definition) is 5. The second-order valence-electron chi connectivity index (χ2n) is 4.19. The molecular weight excluding hydrogens is 278 g/mol. The van der Waals surface area contributed by atoms with Gasteiger partial charge in [-0.2, -0.15) is 0 Å². The van der Waals surface area contributed by atoms with Crippen LogP contribution in [0.5, 0.6) is 17.2 Å². The minimum absolute atomic E-state index is 0.0185. The third-order valence-electron chi connectivity index (χ3n) is 2.72.